The first-order valence-electron chi connectivity index (χ1n) is 7.08. The summed E-state index contributed by atoms with van der Waals surface area (Å²) in [6.45, 7) is 5.46. The maximum atomic E-state index is 5.44. The lowest BCUT2D eigenvalue weighted by molar-refractivity contribution is 0.288. The third-order valence-electron chi connectivity index (χ3n) is 4.08. The first-order chi connectivity index (χ1) is 8.70. The molecule has 1 aliphatic rings. The number of nitrogens with one attached hydrogen (secondary N) is 1. The molecule has 0 amide bonds. The highest BCUT2D eigenvalue weighted by Crippen LogP contribution is 2.30. The van der Waals surface area contributed by atoms with Gasteiger partial charge in [0, 0.05) is 11.6 Å². The fourth-order valence-electron chi connectivity index (χ4n) is 2.59. The van der Waals surface area contributed by atoms with Crippen LogP contribution < -0.4 is 10.1 Å². The molecule has 1 aliphatic carbocycles. The average Bonchev–Trinajstić information content (AvgIpc) is 2.32. The predicted molar refractivity (Wildman–Crippen MR) is 76.1 cm³/mol. The Labute approximate surface area is 111 Å². The first-order valence-corrected chi connectivity index (χ1v) is 7.08. The number of ether oxygens (including phenoxy) is 1. The van der Waals surface area contributed by atoms with Crippen molar-refractivity contribution in [2.75, 3.05) is 13.7 Å². The number of methoxy groups -OCH3 is 1. The van der Waals surface area contributed by atoms with E-state index < -0.39 is 0 Å². The molecule has 100 valence electrons. The van der Waals surface area contributed by atoms with E-state index in [2.05, 4.69) is 37.4 Å². The minimum absolute atomic E-state index is 0.361. The van der Waals surface area contributed by atoms with Gasteiger partial charge >= 0.3 is 0 Å². The first kappa shape index (κ1) is 13.4. The van der Waals surface area contributed by atoms with Crippen LogP contribution >= 0.6 is 0 Å². The molecule has 1 atom stereocenters. The third kappa shape index (κ3) is 3.26. The minimum Gasteiger partial charge on any atom is -0.496 e. The quantitative estimate of drug-likeness (QED) is 0.824. The van der Waals surface area contributed by atoms with Crippen molar-refractivity contribution in [1.82, 2.24) is 5.32 Å². The van der Waals surface area contributed by atoms with E-state index in [1.807, 2.05) is 0 Å². The van der Waals surface area contributed by atoms with Crippen molar-refractivity contribution < 1.29 is 4.74 Å². The fourth-order valence-corrected chi connectivity index (χ4v) is 2.59. The highest BCUT2D eigenvalue weighted by Gasteiger charge is 2.17. The number of hydrogen-bond acceptors (Lipinski definition) is 2. The lowest BCUT2D eigenvalue weighted by Gasteiger charge is -2.26. The van der Waals surface area contributed by atoms with Gasteiger partial charge in [0.25, 0.3) is 0 Å². The van der Waals surface area contributed by atoms with Crippen molar-refractivity contribution >= 4 is 0 Å². The normalized spacial score (nSPS) is 17.3. The molecule has 0 saturated heterocycles. The van der Waals surface area contributed by atoms with Crippen LogP contribution in [-0.4, -0.2) is 13.7 Å². The van der Waals surface area contributed by atoms with Crippen LogP contribution in [0.5, 0.6) is 5.75 Å². The van der Waals surface area contributed by atoms with Gasteiger partial charge in [-0.05, 0) is 38.8 Å². The van der Waals surface area contributed by atoms with Crippen molar-refractivity contribution in [2.24, 2.45) is 5.92 Å². The highest BCUT2D eigenvalue weighted by molar-refractivity contribution is 5.38. The van der Waals surface area contributed by atoms with Crippen molar-refractivity contribution in [3.8, 4) is 5.75 Å². The van der Waals surface area contributed by atoms with Gasteiger partial charge in [-0.25, -0.2) is 0 Å². The molecular weight excluding hydrogens is 222 g/mol. The molecule has 2 nitrogen and oxygen atoms in total. The van der Waals surface area contributed by atoms with Crippen molar-refractivity contribution in [2.45, 2.75) is 45.6 Å². The number of aryl methyl sites for hydroxylation is 1. The van der Waals surface area contributed by atoms with Crippen LogP contribution in [0.15, 0.2) is 18.2 Å². The average molecular weight is 247 g/mol. The number of hydrogen-bond donors (Lipinski definition) is 1. The van der Waals surface area contributed by atoms with Gasteiger partial charge in [-0.3, -0.25) is 0 Å². The van der Waals surface area contributed by atoms with E-state index in [0.29, 0.717) is 6.04 Å². The van der Waals surface area contributed by atoms with Crippen LogP contribution in [0.2, 0.25) is 0 Å². The van der Waals surface area contributed by atoms with E-state index in [4.69, 9.17) is 4.74 Å². The second-order valence-corrected chi connectivity index (χ2v) is 5.51. The molecule has 0 heterocycles. The molecule has 0 radical (unpaired) electrons. The molecule has 1 aromatic rings. The maximum absolute atomic E-state index is 5.44. The molecule has 2 heteroatoms. The molecule has 18 heavy (non-hydrogen) atoms. The van der Waals surface area contributed by atoms with Gasteiger partial charge in [0.05, 0.1) is 7.11 Å². The molecule has 1 N–H and O–H groups in total. The van der Waals surface area contributed by atoms with Crippen LogP contribution in [0, 0.1) is 12.8 Å². The Morgan fingerprint density at radius 1 is 1.39 bits per heavy atom. The molecule has 0 spiro atoms. The molecule has 1 saturated carbocycles. The van der Waals surface area contributed by atoms with E-state index in [9.17, 15) is 0 Å². The van der Waals surface area contributed by atoms with Gasteiger partial charge in [0.2, 0.25) is 0 Å². The van der Waals surface area contributed by atoms with Crippen LogP contribution in [0.25, 0.3) is 0 Å². The SMILES string of the molecule is COc1ccc(C)cc1C(C)NCCC1CCC1. The second-order valence-electron chi connectivity index (χ2n) is 5.51. The van der Waals surface area contributed by atoms with Crippen molar-refractivity contribution in [3.63, 3.8) is 0 Å². The minimum atomic E-state index is 0.361. The van der Waals surface area contributed by atoms with Crippen molar-refractivity contribution in [3.05, 3.63) is 29.3 Å². The third-order valence-corrected chi connectivity index (χ3v) is 4.08. The van der Waals surface area contributed by atoms with Gasteiger partial charge < -0.3 is 10.1 Å². The zero-order valence-corrected chi connectivity index (χ0v) is 11.8. The van der Waals surface area contributed by atoms with E-state index in [1.165, 1.54) is 36.8 Å². The standard InChI is InChI=1S/C16H25NO/c1-12-7-8-16(18-3)15(11-12)13(2)17-10-9-14-5-4-6-14/h7-8,11,13-14,17H,4-6,9-10H2,1-3H3. The Morgan fingerprint density at radius 3 is 2.78 bits per heavy atom. The summed E-state index contributed by atoms with van der Waals surface area (Å²) in [7, 11) is 1.75. The van der Waals surface area contributed by atoms with E-state index in [1.54, 1.807) is 7.11 Å². The Balaban J connectivity index is 1.89. The summed E-state index contributed by atoms with van der Waals surface area (Å²) >= 11 is 0. The molecule has 2 rings (SSSR count). The number of rotatable bonds is 6. The predicted octanol–water partition coefficient (Wildman–Crippen LogP) is 3.84. The smallest absolute Gasteiger partial charge is 0.123 e. The Kier molecular flexibility index (Phi) is 4.65. The molecule has 0 aromatic heterocycles. The largest absolute Gasteiger partial charge is 0.496 e. The summed E-state index contributed by atoms with van der Waals surface area (Å²) < 4.78 is 5.44. The van der Waals surface area contributed by atoms with Gasteiger partial charge in [0.15, 0.2) is 0 Å². The van der Waals surface area contributed by atoms with Crippen LogP contribution in [0.3, 0.4) is 0 Å². The summed E-state index contributed by atoms with van der Waals surface area (Å²) in [5.74, 6) is 1.97. The maximum Gasteiger partial charge on any atom is 0.123 e. The molecular formula is C16H25NO. The van der Waals surface area contributed by atoms with Gasteiger partial charge in [-0.1, -0.05) is 37.0 Å². The van der Waals surface area contributed by atoms with E-state index >= 15 is 0 Å². The van der Waals surface area contributed by atoms with Crippen LogP contribution in [0.1, 0.15) is 49.8 Å². The topological polar surface area (TPSA) is 21.3 Å². The Morgan fingerprint density at radius 2 is 2.17 bits per heavy atom. The van der Waals surface area contributed by atoms with E-state index in [0.717, 1.165) is 18.2 Å². The van der Waals surface area contributed by atoms with Crippen LogP contribution in [0.4, 0.5) is 0 Å². The van der Waals surface area contributed by atoms with Gasteiger partial charge in [0.1, 0.15) is 5.75 Å². The lowest BCUT2D eigenvalue weighted by atomic mass is 9.83. The van der Waals surface area contributed by atoms with Gasteiger partial charge in [-0.2, -0.15) is 0 Å². The van der Waals surface area contributed by atoms with Gasteiger partial charge in [-0.15, -0.1) is 0 Å². The summed E-state index contributed by atoms with van der Waals surface area (Å²) in [5, 5.41) is 3.62. The van der Waals surface area contributed by atoms with Crippen molar-refractivity contribution in [1.29, 1.82) is 0 Å². The van der Waals surface area contributed by atoms with Crippen LogP contribution in [-0.2, 0) is 0 Å². The summed E-state index contributed by atoms with van der Waals surface area (Å²) in [6, 6.07) is 6.75. The molecule has 1 aromatic carbocycles. The highest BCUT2D eigenvalue weighted by atomic mass is 16.5. The lowest BCUT2D eigenvalue weighted by Crippen LogP contribution is -2.24. The molecule has 0 aliphatic heterocycles. The zero-order valence-electron chi connectivity index (χ0n) is 11.8. The second kappa shape index (κ2) is 6.24. The molecule has 1 unspecified atom stereocenters. The Bertz CT molecular complexity index is 385. The number of benzene rings is 1. The monoisotopic (exact) mass is 247 g/mol. The van der Waals surface area contributed by atoms with E-state index in [-0.39, 0.29) is 0 Å². The molecule has 1 fully saturated rings. The zero-order chi connectivity index (χ0) is 13.0. The molecule has 0 bridgehead atoms. The summed E-state index contributed by atoms with van der Waals surface area (Å²) in [6.07, 6.45) is 5.62. The Hall–Kier alpha value is -1.02. The fraction of sp³-hybridized carbons (Fsp3) is 0.625. The summed E-state index contributed by atoms with van der Waals surface area (Å²) in [4.78, 5) is 0. The summed E-state index contributed by atoms with van der Waals surface area (Å²) in [5.41, 5.74) is 2.56.